The van der Waals surface area contributed by atoms with Gasteiger partial charge in [0.2, 0.25) is 0 Å². The lowest BCUT2D eigenvalue weighted by molar-refractivity contribution is -0.124. The first-order chi connectivity index (χ1) is 13.2. The Balaban J connectivity index is 2.29. The van der Waals surface area contributed by atoms with E-state index in [9.17, 15) is 24.2 Å². The van der Waals surface area contributed by atoms with E-state index in [1.54, 1.807) is 18.3 Å². The van der Waals surface area contributed by atoms with Crippen molar-refractivity contribution in [2.45, 2.75) is 26.4 Å². The standard InChI is InChI=1S/C21H23FN2O4/c1-12(2)10-24-11-14-8-17(25)18(26)9-16(14)19(20(24)23(3)21(27)28)13-4-6-15(22)7-5-13/h4-7,9,11-12,18,26H,8,10H2,1-3H3,(H,27,28). The number of halogens is 1. The average Bonchev–Trinajstić information content (AvgIpc) is 2.62. The molecule has 1 aliphatic heterocycles. The van der Waals surface area contributed by atoms with Crippen LogP contribution >= 0.6 is 0 Å². The van der Waals surface area contributed by atoms with Crippen LogP contribution in [-0.4, -0.2) is 51.6 Å². The molecule has 0 spiro atoms. The summed E-state index contributed by atoms with van der Waals surface area (Å²) in [4.78, 5) is 26.8. The van der Waals surface area contributed by atoms with Crippen molar-refractivity contribution in [2.24, 2.45) is 5.92 Å². The summed E-state index contributed by atoms with van der Waals surface area (Å²) in [5, 5.41) is 19.7. The molecule has 0 saturated heterocycles. The number of aliphatic hydroxyl groups excluding tert-OH is 1. The van der Waals surface area contributed by atoms with Gasteiger partial charge in [-0.1, -0.05) is 26.0 Å². The minimum absolute atomic E-state index is 0.0519. The molecule has 148 valence electrons. The molecule has 28 heavy (non-hydrogen) atoms. The van der Waals surface area contributed by atoms with Crippen molar-refractivity contribution in [3.8, 4) is 0 Å². The number of carbonyl (C=O) groups is 2. The molecule has 1 heterocycles. The van der Waals surface area contributed by atoms with Crippen LogP contribution in [0.3, 0.4) is 0 Å². The number of allylic oxidation sites excluding steroid dienone is 3. The van der Waals surface area contributed by atoms with Crippen LogP contribution in [0.25, 0.3) is 5.57 Å². The second-order valence-corrected chi connectivity index (χ2v) is 7.42. The maximum Gasteiger partial charge on any atom is 0.412 e. The smallest absolute Gasteiger partial charge is 0.412 e. The molecule has 2 aliphatic rings. The fraction of sp³-hybridized carbons (Fsp3) is 0.333. The van der Waals surface area contributed by atoms with Crippen LogP contribution in [0.15, 0.2) is 53.5 Å². The lowest BCUT2D eigenvalue weighted by atomic mass is 9.82. The van der Waals surface area contributed by atoms with Crippen molar-refractivity contribution in [1.82, 2.24) is 9.80 Å². The predicted octanol–water partition coefficient (Wildman–Crippen LogP) is 3.22. The molecule has 0 aromatic heterocycles. The minimum Gasteiger partial charge on any atom is -0.465 e. The second-order valence-electron chi connectivity index (χ2n) is 7.42. The number of benzene rings is 1. The number of fused-ring (bicyclic) bond motifs is 1. The Morgan fingerprint density at radius 1 is 1.32 bits per heavy atom. The van der Waals surface area contributed by atoms with Gasteiger partial charge in [-0.3, -0.25) is 9.69 Å². The van der Waals surface area contributed by atoms with Crippen LogP contribution in [0.5, 0.6) is 0 Å². The van der Waals surface area contributed by atoms with Gasteiger partial charge >= 0.3 is 6.09 Å². The van der Waals surface area contributed by atoms with Gasteiger partial charge in [0.1, 0.15) is 17.7 Å². The van der Waals surface area contributed by atoms with E-state index in [1.165, 1.54) is 25.3 Å². The van der Waals surface area contributed by atoms with Gasteiger partial charge in [-0.15, -0.1) is 0 Å². The quantitative estimate of drug-likeness (QED) is 0.830. The van der Waals surface area contributed by atoms with E-state index in [2.05, 4.69) is 0 Å². The number of hydrogen-bond donors (Lipinski definition) is 2. The third kappa shape index (κ3) is 3.71. The van der Waals surface area contributed by atoms with Gasteiger partial charge in [0.15, 0.2) is 5.78 Å². The molecular formula is C21H23FN2O4. The minimum atomic E-state index is -1.25. The summed E-state index contributed by atoms with van der Waals surface area (Å²) < 4.78 is 13.5. The fourth-order valence-electron chi connectivity index (χ4n) is 3.50. The van der Waals surface area contributed by atoms with Crippen molar-refractivity contribution < 1.29 is 24.2 Å². The number of ketones is 1. The molecule has 1 aromatic rings. The topological polar surface area (TPSA) is 81.1 Å². The van der Waals surface area contributed by atoms with Crippen LogP contribution in [-0.2, 0) is 4.79 Å². The SMILES string of the molecule is CC(C)CN1C=C2CC(=O)C(O)C=C2C(c2ccc(F)cc2)=C1N(C)C(=O)O. The summed E-state index contributed by atoms with van der Waals surface area (Å²) in [5.74, 6) is -0.0905. The van der Waals surface area contributed by atoms with E-state index in [1.807, 2.05) is 18.7 Å². The maximum atomic E-state index is 13.5. The van der Waals surface area contributed by atoms with Crippen molar-refractivity contribution >= 4 is 17.4 Å². The van der Waals surface area contributed by atoms with Crippen molar-refractivity contribution in [1.29, 1.82) is 0 Å². The molecule has 3 rings (SSSR count). The molecule has 1 aromatic carbocycles. The van der Waals surface area contributed by atoms with E-state index in [4.69, 9.17) is 0 Å². The number of aliphatic hydroxyl groups is 1. The van der Waals surface area contributed by atoms with Crippen LogP contribution in [0.4, 0.5) is 9.18 Å². The Hall–Kier alpha value is -2.93. The van der Waals surface area contributed by atoms with Crippen LogP contribution in [0.2, 0.25) is 0 Å². The van der Waals surface area contributed by atoms with E-state index in [-0.39, 0.29) is 18.1 Å². The average molecular weight is 386 g/mol. The molecule has 1 aliphatic carbocycles. The monoisotopic (exact) mass is 386 g/mol. The maximum absolute atomic E-state index is 13.5. The number of Topliss-reactive ketones (excluding diaryl/α,β-unsaturated/α-hetero) is 1. The summed E-state index contributed by atoms with van der Waals surface area (Å²) in [6, 6.07) is 5.74. The Bertz CT molecular complexity index is 899. The highest BCUT2D eigenvalue weighted by Gasteiger charge is 2.35. The van der Waals surface area contributed by atoms with Gasteiger partial charge < -0.3 is 15.1 Å². The Labute approximate surface area is 162 Å². The van der Waals surface area contributed by atoms with Crippen molar-refractivity contribution in [3.05, 3.63) is 64.9 Å². The predicted molar refractivity (Wildman–Crippen MR) is 102 cm³/mol. The van der Waals surface area contributed by atoms with Gasteiger partial charge in [0.25, 0.3) is 0 Å². The van der Waals surface area contributed by atoms with E-state index >= 15 is 0 Å². The lowest BCUT2D eigenvalue weighted by Crippen LogP contribution is -2.39. The molecule has 0 fully saturated rings. The molecule has 1 amide bonds. The number of amides is 1. The van der Waals surface area contributed by atoms with Crippen LogP contribution < -0.4 is 0 Å². The highest BCUT2D eigenvalue weighted by atomic mass is 19.1. The summed E-state index contributed by atoms with van der Waals surface area (Å²) in [6.45, 7) is 4.55. The first kappa shape index (κ1) is 19.8. The molecule has 6 nitrogen and oxygen atoms in total. The Morgan fingerprint density at radius 3 is 2.54 bits per heavy atom. The highest BCUT2D eigenvalue weighted by Crippen LogP contribution is 2.42. The molecular weight excluding hydrogens is 363 g/mol. The number of nitrogens with zero attached hydrogens (tertiary/aromatic N) is 2. The number of carbonyl (C=O) groups excluding carboxylic acids is 1. The van der Waals surface area contributed by atoms with E-state index in [0.717, 1.165) is 4.90 Å². The van der Waals surface area contributed by atoms with E-state index < -0.39 is 18.0 Å². The summed E-state index contributed by atoms with van der Waals surface area (Å²) >= 11 is 0. The van der Waals surface area contributed by atoms with Gasteiger partial charge in [0, 0.05) is 31.8 Å². The second kappa shape index (κ2) is 7.59. The first-order valence-electron chi connectivity index (χ1n) is 9.06. The van der Waals surface area contributed by atoms with Crippen molar-refractivity contribution in [2.75, 3.05) is 13.6 Å². The highest BCUT2D eigenvalue weighted by molar-refractivity contribution is 5.97. The first-order valence-corrected chi connectivity index (χ1v) is 9.06. The summed E-state index contributed by atoms with van der Waals surface area (Å²) in [5.41, 5.74) is 2.46. The van der Waals surface area contributed by atoms with Gasteiger partial charge in [-0.2, -0.15) is 0 Å². The fourth-order valence-corrected chi connectivity index (χ4v) is 3.50. The summed E-state index contributed by atoms with van der Waals surface area (Å²) in [7, 11) is 1.44. The third-order valence-electron chi connectivity index (χ3n) is 4.74. The Kier molecular flexibility index (Phi) is 5.38. The largest absolute Gasteiger partial charge is 0.465 e. The van der Waals surface area contributed by atoms with Gasteiger partial charge in [0.05, 0.1) is 0 Å². The number of rotatable bonds is 4. The molecule has 7 heteroatoms. The van der Waals surface area contributed by atoms with Crippen LogP contribution in [0, 0.1) is 11.7 Å². The van der Waals surface area contributed by atoms with Gasteiger partial charge in [-0.05, 0) is 40.8 Å². The van der Waals surface area contributed by atoms with E-state index in [0.29, 0.717) is 34.6 Å². The molecule has 1 unspecified atom stereocenters. The zero-order chi connectivity index (χ0) is 20.6. The number of hydrogen-bond acceptors (Lipinski definition) is 4. The van der Waals surface area contributed by atoms with Crippen LogP contribution in [0.1, 0.15) is 25.8 Å². The molecule has 0 radical (unpaired) electrons. The molecule has 0 saturated carbocycles. The zero-order valence-electron chi connectivity index (χ0n) is 16.0. The molecule has 1 atom stereocenters. The summed E-state index contributed by atoms with van der Waals surface area (Å²) in [6.07, 6.45) is 0.871. The molecule has 0 bridgehead atoms. The van der Waals surface area contributed by atoms with Gasteiger partial charge in [-0.25, -0.2) is 9.18 Å². The Morgan fingerprint density at radius 2 is 1.96 bits per heavy atom. The molecule has 2 N–H and O–H groups in total. The normalized spacial score (nSPS) is 19.4. The lowest BCUT2D eigenvalue weighted by Gasteiger charge is -2.38. The van der Waals surface area contributed by atoms with Crippen molar-refractivity contribution in [3.63, 3.8) is 0 Å². The zero-order valence-corrected chi connectivity index (χ0v) is 16.0. The third-order valence-corrected chi connectivity index (χ3v) is 4.74. The number of carboxylic acid groups (broad SMARTS) is 1.